The lowest BCUT2D eigenvalue weighted by atomic mass is 10.0. The summed E-state index contributed by atoms with van der Waals surface area (Å²) in [4.78, 5) is 15.1. The number of carboxylic acid groups (broad SMARTS) is 1. The molecule has 0 aliphatic rings. The minimum Gasteiger partial charge on any atom is -0.490 e. The Bertz CT molecular complexity index is 1320. The number of nitrogens with one attached hydrogen (secondary N) is 2. The van der Waals surface area contributed by atoms with Crippen LogP contribution >= 0.6 is 23.2 Å². The number of halogens is 2. The Morgan fingerprint density at radius 1 is 1.03 bits per heavy atom. The van der Waals surface area contributed by atoms with Crippen molar-refractivity contribution in [1.29, 1.82) is 0 Å². The monoisotopic (exact) mass is 512 g/mol. The van der Waals surface area contributed by atoms with Crippen LogP contribution in [-0.2, 0) is 24.4 Å². The number of para-hydroxylation sites is 1. The second kappa shape index (κ2) is 11.5. The second-order valence-corrected chi connectivity index (χ2v) is 8.92. The molecular formula is C27H26Cl2N2O4. The number of hydrogen-bond acceptors (Lipinski definition) is 4. The van der Waals surface area contributed by atoms with Gasteiger partial charge in [-0.3, -0.25) is 4.79 Å². The molecule has 0 unspecified atom stereocenters. The predicted molar refractivity (Wildman–Crippen MR) is 139 cm³/mol. The van der Waals surface area contributed by atoms with Gasteiger partial charge in [0.15, 0.2) is 11.5 Å². The van der Waals surface area contributed by atoms with Crippen molar-refractivity contribution in [2.45, 2.75) is 32.5 Å². The second-order valence-electron chi connectivity index (χ2n) is 8.07. The first-order valence-corrected chi connectivity index (χ1v) is 12.0. The van der Waals surface area contributed by atoms with Crippen LogP contribution in [0.5, 0.6) is 11.5 Å². The van der Waals surface area contributed by atoms with E-state index in [0.717, 1.165) is 27.6 Å². The highest BCUT2D eigenvalue weighted by molar-refractivity contribution is 6.35. The Hall–Kier alpha value is -3.19. The Morgan fingerprint density at radius 3 is 2.63 bits per heavy atom. The fraction of sp³-hybridized carbons (Fsp3) is 0.222. The molecule has 3 N–H and O–H groups in total. The molecule has 8 heteroatoms. The molecule has 0 fully saturated rings. The molecule has 0 amide bonds. The van der Waals surface area contributed by atoms with Gasteiger partial charge in [-0.1, -0.05) is 53.5 Å². The Balaban J connectivity index is 1.43. The largest absolute Gasteiger partial charge is 0.490 e. The molecule has 1 heterocycles. The lowest BCUT2D eigenvalue weighted by molar-refractivity contribution is -0.139. The summed E-state index contributed by atoms with van der Waals surface area (Å²) < 4.78 is 11.7. The summed E-state index contributed by atoms with van der Waals surface area (Å²) in [5.74, 6) is 0.260. The summed E-state index contributed by atoms with van der Waals surface area (Å²) in [6.07, 6.45) is 2.23. The third kappa shape index (κ3) is 6.28. The van der Waals surface area contributed by atoms with E-state index in [2.05, 4.69) is 10.3 Å². The van der Waals surface area contributed by atoms with Gasteiger partial charge in [0.1, 0.15) is 12.6 Å². The average molecular weight is 513 g/mol. The molecule has 0 aliphatic carbocycles. The van der Waals surface area contributed by atoms with E-state index in [1.165, 1.54) is 0 Å². The number of hydrogen-bond donors (Lipinski definition) is 3. The average Bonchev–Trinajstić information content (AvgIpc) is 3.25. The van der Waals surface area contributed by atoms with E-state index in [4.69, 9.17) is 32.7 Å². The number of aliphatic carboxylic acids is 1. The smallest absolute Gasteiger partial charge is 0.321 e. The minimum atomic E-state index is -0.903. The lowest BCUT2D eigenvalue weighted by Gasteiger charge is -2.17. The fourth-order valence-electron chi connectivity index (χ4n) is 3.85. The van der Waals surface area contributed by atoms with Crippen molar-refractivity contribution >= 4 is 40.1 Å². The van der Waals surface area contributed by atoms with Gasteiger partial charge in [0, 0.05) is 45.7 Å². The number of carbonyl (C=O) groups is 1. The zero-order chi connectivity index (χ0) is 24.8. The maximum absolute atomic E-state index is 11.9. The fourth-order valence-corrected chi connectivity index (χ4v) is 4.32. The highest BCUT2D eigenvalue weighted by Crippen LogP contribution is 2.31. The molecule has 0 saturated heterocycles. The van der Waals surface area contributed by atoms with Crippen LogP contribution in [0.2, 0.25) is 10.0 Å². The molecule has 3 aromatic carbocycles. The van der Waals surface area contributed by atoms with E-state index in [1.54, 1.807) is 12.1 Å². The first kappa shape index (κ1) is 24.9. The number of benzene rings is 3. The third-order valence-corrected chi connectivity index (χ3v) is 6.24. The van der Waals surface area contributed by atoms with Crippen LogP contribution in [-0.4, -0.2) is 28.7 Å². The summed E-state index contributed by atoms with van der Waals surface area (Å²) in [6, 6.07) is 17.9. The van der Waals surface area contributed by atoms with Crippen molar-refractivity contribution in [1.82, 2.24) is 10.3 Å². The van der Waals surface area contributed by atoms with Gasteiger partial charge >= 0.3 is 5.97 Å². The topological polar surface area (TPSA) is 83.6 Å². The molecule has 0 spiro atoms. The van der Waals surface area contributed by atoms with Crippen molar-refractivity contribution in [3.63, 3.8) is 0 Å². The molecular weight excluding hydrogens is 487 g/mol. The van der Waals surface area contributed by atoms with Crippen molar-refractivity contribution in [3.05, 3.63) is 93.6 Å². The molecule has 0 radical (unpaired) electrons. The molecule has 4 aromatic rings. The number of H-pyrrole nitrogens is 1. The van der Waals surface area contributed by atoms with Crippen LogP contribution < -0.4 is 14.8 Å². The van der Waals surface area contributed by atoms with Gasteiger partial charge in [-0.2, -0.15) is 0 Å². The maximum Gasteiger partial charge on any atom is 0.321 e. The molecule has 1 aromatic heterocycles. The van der Waals surface area contributed by atoms with E-state index in [1.807, 2.05) is 61.7 Å². The summed E-state index contributed by atoms with van der Waals surface area (Å²) >= 11 is 12.2. The van der Waals surface area contributed by atoms with Crippen LogP contribution in [0.25, 0.3) is 10.9 Å². The Kier molecular flexibility index (Phi) is 8.18. The molecule has 0 bridgehead atoms. The number of carboxylic acids is 1. The molecule has 4 rings (SSSR count). The Labute approximate surface area is 213 Å². The molecule has 0 saturated carbocycles. The van der Waals surface area contributed by atoms with Gasteiger partial charge in [0.2, 0.25) is 0 Å². The molecule has 35 heavy (non-hydrogen) atoms. The highest BCUT2D eigenvalue weighted by atomic mass is 35.5. The van der Waals surface area contributed by atoms with Crippen LogP contribution in [0.15, 0.2) is 66.9 Å². The number of fused-ring (bicyclic) bond motifs is 1. The van der Waals surface area contributed by atoms with Crippen LogP contribution in [0.3, 0.4) is 0 Å². The maximum atomic E-state index is 11.9. The van der Waals surface area contributed by atoms with Crippen molar-refractivity contribution in [2.24, 2.45) is 0 Å². The SMILES string of the molecule is CCOc1cc(CN[C@H](Cc2c[nH]c3ccccc23)C(=O)O)ccc1OCc1ccc(Cl)cc1Cl. The highest BCUT2D eigenvalue weighted by Gasteiger charge is 2.19. The molecule has 6 nitrogen and oxygen atoms in total. The summed E-state index contributed by atoms with van der Waals surface area (Å²) in [7, 11) is 0. The van der Waals surface area contributed by atoms with Gasteiger partial charge in [-0.05, 0) is 48.4 Å². The van der Waals surface area contributed by atoms with Crippen LogP contribution in [0.1, 0.15) is 23.6 Å². The lowest BCUT2D eigenvalue weighted by Crippen LogP contribution is -2.38. The van der Waals surface area contributed by atoms with Crippen molar-refractivity contribution in [2.75, 3.05) is 6.61 Å². The Morgan fingerprint density at radius 2 is 1.86 bits per heavy atom. The molecule has 182 valence electrons. The van der Waals surface area contributed by atoms with Crippen LogP contribution in [0, 0.1) is 0 Å². The van der Waals surface area contributed by atoms with Crippen molar-refractivity contribution in [3.8, 4) is 11.5 Å². The van der Waals surface area contributed by atoms with E-state index >= 15 is 0 Å². The first-order valence-electron chi connectivity index (χ1n) is 11.3. The van der Waals surface area contributed by atoms with E-state index < -0.39 is 12.0 Å². The van der Waals surface area contributed by atoms with Gasteiger partial charge in [0.05, 0.1) is 6.61 Å². The number of rotatable bonds is 11. The van der Waals surface area contributed by atoms with Gasteiger partial charge < -0.3 is 24.9 Å². The van der Waals surface area contributed by atoms with E-state index in [0.29, 0.717) is 41.1 Å². The zero-order valence-corrected chi connectivity index (χ0v) is 20.7. The summed E-state index contributed by atoms with van der Waals surface area (Å²) in [5, 5.41) is 15.1. The molecule has 1 atom stereocenters. The quantitative estimate of drug-likeness (QED) is 0.221. The summed E-state index contributed by atoms with van der Waals surface area (Å²) in [5.41, 5.74) is 3.64. The van der Waals surface area contributed by atoms with E-state index in [-0.39, 0.29) is 6.61 Å². The summed E-state index contributed by atoms with van der Waals surface area (Å²) in [6.45, 7) is 2.99. The number of aromatic nitrogens is 1. The number of aromatic amines is 1. The van der Waals surface area contributed by atoms with Gasteiger partial charge in [-0.15, -0.1) is 0 Å². The predicted octanol–water partition coefficient (Wildman–Crippen LogP) is 6.24. The zero-order valence-electron chi connectivity index (χ0n) is 19.2. The van der Waals surface area contributed by atoms with Gasteiger partial charge in [-0.25, -0.2) is 0 Å². The van der Waals surface area contributed by atoms with Crippen molar-refractivity contribution < 1.29 is 19.4 Å². The van der Waals surface area contributed by atoms with E-state index in [9.17, 15) is 9.90 Å². The standard InChI is InChI=1S/C27H26Cl2N2O4/c1-2-34-26-11-17(7-10-25(26)35-16-18-8-9-20(28)13-22(18)29)14-30-24(27(32)33)12-19-15-31-23-6-4-3-5-21(19)23/h3-11,13,15,24,30-31H,2,12,14,16H2,1H3,(H,32,33)/t24-/m1/s1. The molecule has 0 aliphatic heterocycles. The number of ether oxygens (including phenoxy) is 2. The normalized spacial score (nSPS) is 12.0. The first-order chi connectivity index (χ1) is 16.9. The minimum absolute atomic E-state index is 0.263. The van der Waals surface area contributed by atoms with Gasteiger partial charge in [0.25, 0.3) is 0 Å². The third-order valence-electron chi connectivity index (χ3n) is 5.66. The van der Waals surface area contributed by atoms with Crippen LogP contribution in [0.4, 0.5) is 0 Å².